The van der Waals surface area contributed by atoms with Gasteiger partial charge in [-0.05, 0) is 18.6 Å². The molecule has 1 aliphatic rings. The predicted molar refractivity (Wildman–Crippen MR) is 60.9 cm³/mol. The van der Waals surface area contributed by atoms with E-state index in [4.69, 9.17) is 5.11 Å². The van der Waals surface area contributed by atoms with Crippen LogP contribution in [0.4, 0.5) is 0 Å². The number of hydrogen-bond donors (Lipinski definition) is 2. The molecule has 1 aromatic rings. The van der Waals surface area contributed by atoms with Crippen LogP contribution in [-0.2, 0) is 4.79 Å². The van der Waals surface area contributed by atoms with Gasteiger partial charge in [-0.1, -0.05) is 11.8 Å². The van der Waals surface area contributed by atoms with Crippen molar-refractivity contribution in [3.63, 3.8) is 0 Å². The topological polar surface area (TPSA) is 82.8 Å². The predicted octanol–water partition coefficient (Wildman–Crippen LogP) is 1.12. The van der Waals surface area contributed by atoms with Gasteiger partial charge in [0.25, 0.3) is 0 Å². The van der Waals surface area contributed by atoms with Crippen molar-refractivity contribution in [2.75, 3.05) is 6.54 Å². The maximum atomic E-state index is 10.9. The molecule has 2 rings (SSSR count). The number of aromatic nitrogens is 1. The lowest BCUT2D eigenvalue weighted by atomic mass is 10.3. The molecule has 1 aliphatic heterocycles. The number of carboxylic acid groups (broad SMARTS) is 1. The zero-order chi connectivity index (χ0) is 11.5. The molecule has 0 radical (unpaired) electrons. The summed E-state index contributed by atoms with van der Waals surface area (Å²) in [6, 6.07) is 3.12. The summed E-state index contributed by atoms with van der Waals surface area (Å²) in [4.78, 5) is 19.0. The second-order valence-corrected chi connectivity index (χ2v) is 4.48. The molecule has 1 atom stereocenters. The Balaban J connectivity index is 2.26. The van der Waals surface area contributed by atoms with Gasteiger partial charge in [0.2, 0.25) is 0 Å². The first-order valence-electron chi connectivity index (χ1n) is 4.77. The summed E-state index contributed by atoms with van der Waals surface area (Å²) >= 11 is 1.13. The number of aromatic hydroxyl groups is 1. The van der Waals surface area contributed by atoms with Gasteiger partial charge in [-0.15, -0.1) is 0 Å². The number of rotatable bonds is 2. The van der Waals surface area contributed by atoms with Gasteiger partial charge in [-0.2, -0.15) is 0 Å². The summed E-state index contributed by atoms with van der Waals surface area (Å²) in [5.74, 6) is -0.826. The van der Waals surface area contributed by atoms with E-state index < -0.39 is 11.2 Å². The molecule has 5 nitrogen and oxygen atoms in total. The van der Waals surface area contributed by atoms with Crippen molar-refractivity contribution in [1.82, 2.24) is 4.98 Å². The summed E-state index contributed by atoms with van der Waals surface area (Å²) in [6.07, 6.45) is 2.06. The van der Waals surface area contributed by atoms with Crippen LogP contribution in [0.1, 0.15) is 12.1 Å². The first kappa shape index (κ1) is 10.9. The van der Waals surface area contributed by atoms with Gasteiger partial charge >= 0.3 is 5.97 Å². The van der Waals surface area contributed by atoms with Gasteiger partial charge in [0.1, 0.15) is 21.7 Å². The lowest BCUT2D eigenvalue weighted by Gasteiger charge is -2.17. The van der Waals surface area contributed by atoms with Crippen LogP contribution in [0.3, 0.4) is 0 Å². The molecule has 0 saturated heterocycles. The van der Waals surface area contributed by atoms with E-state index in [-0.39, 0.29) is 5.75 Å². The zero-order valence-electron chi connectivity index (χ0n) is 8.33. The van der Waals surface area contributed by atoms with Crippen LogP contribution in [0, 0.1) is 0 Å². The zero-order valence-corrected chi connectivity index (χ0v) is 9.15. The van der Waals surface area contributed by atoms with Crippen LogP contribution >= 0.6 is 11.8 Å². The second-order valence-electron chi connectivity index (χ2n) is 3.29. The smallest absolute Gasteiger partial charge is 0.317 e. The number of pyridine rings is 1. The third-order valence-electron chi connectivity index (χ3n) is 2.17. The van der Waals surface area contributed by atoms with Crippen LogP contribution in [0.5, 0.6) is 5.75 Å². The molecule has 1 aromatic heterocycles. The van der Waals surface area contributed by atoms with Gasteiger partial charge in [0.15, 0.2) is 0 Å². The first-order chi connectivity index (χ1) is 7.68. The molecule has 16 heavy (non-hydrogen) atoms. The summed E-state index contributed by atoms with van der Waals surface area (Å²) in [7, 11) is 0. The quantitative estimate of drug-likeness (QED) is 0.806. The minimum atomic E-state index is -0.854. The monoisotopic (exact) mass is 238 g/mol. The number of nitrogens with zero attached hydrogens (tertiary/aromatic N) is 2. The minimum absolute atomic E-state index is 0.0276. The van der Waals surface area contributed by atoms with Crippen molar-refractivity contribution in [3.8, 4) is 5.75 Å². The molecule has 0 fully saturated rings. The highest BCUT2D eigenvalue weighted by molar-refractivity contribution is 8.15. The van der Waals surface area contributed by atoms with Crippen LogP contribution in [0.2, 0.25) is 0 Å². The molecular formula is C10H10N2O3S. The molecule has 0 spiro atoms. The van der Waals surface area contributed by atoms with Gasteiger partial charge in [0.05, 0.1) is 0 Å². The Morgan fingerprint density at radius 1 is 1.56 bits per heavy atom. The highest BCUT2D eigenvalue weighted by Gasteiger charge is 2.26. The summed E-state index contributed by atoms with van der Waals surface area (Å²) in [5.41, 5.74) is 0.360. The van der Waals surface area contributed by atoms with E-state index in [1.54, 1.807) is 12.3 Å². The molecule has 1 unspecified atom stereocenters. The molecule has 0 bridgehead atoms. The van der Waals surface area contributed by atoms with E-state index >= 15 is 0 Å². The standard InChI is InChI=1S/C10H10N2O3S/c13-6-2-1-4-11-8(6)9-12-5-3-7(16-9)10(14)15/h1-2,4,7,13H,3,5H2,(H,14,15). The maximum absolute atomic E-state index is 10.9. The lowest BCUT2D eigenvalue weighted by molar-refractivity contribution is -0.136. The molecule has 2 heterocycles. The molecule has 6 heteroatoms. The van der Waals surface area contributed by atoms with Gasteiger partial charge in [-0.3, -0.25) is 14.8 Å². The van der Waals surface area contributed by atoms with E-state index in [1.165, 1.54) is 6.07 Å². The average molecular weight is 238 g/mol. The van der Waals surface area contributed by atoms with Crippen molar-refractivity contribution >= 4 is 22.8 Å². The molecule has 84 valence electrons. The van der Waals surface area contributed by atoms with E-state index in [2.05, 4.69) is 9.98 Å². The first-order valence-corrected chi connectivity index (χ1v) is 5.64. The number of thioether (sulfide) groups is 1. The lowest BCUT2D eigenvalue weighted by Crippen LogP contribution is -2.23. The average Bonchev–Trinajstić information content (AvgIpc) is 2.30. The summed E-state index contributed by atoms with van der Waals surface area (Å²) < 4.78 is 0. The Morgan fingerprint density at radius 3 is 3.06 bits per heavy atom. The van der Waals surface area contributed by atoms with Crippen molar-refractivity contribution in [3.05, 3.63) is 24.0 Å². The Bertz CT molecular complexity index is 447. The van der Waals surface area contributed by atoms with Crippen molar-refractivity contribution in [1.29, 1.82) is 0 Å². The molecule has 2 N–H and O–H groups in total. The van der Waals surface area contributed by atoms with E-state index in [0.29, 0.717) is 23.7 Å². The van der Waals surface area contributed by atoms with Crippen molar-refractivity contribution in [2.45, 2.75) is 11.7 Å². The number of carboxylic acids is 1. The van der Waals surface area contributed by atoms with Gasteiger partial charge < -0.3 is 10.2 Å². The number of aliphatic carboxylic acids is 1. The van der Waals surface area contributed by atoms with E-state index in [1.807, 2.05) is 0 Å². The fraction of sp³-hybridized carbons (Fsp3) is 0.300. The Morgan fingerprint density at radius 2 is 2.38 bits per heavy atom. The Kier molecular flexibility index (Phi) is 3.09. The SMILES string of the molecule is O=C(O)C1CCN=C(c2ncccc2O)S1. The van der Waals surface area contributed by atoms with Crippen LogP contribution in [-0.4, -0.2) is 38.0 Å². The molecule has 0 aromatic carbocycles. The maximum Gasteiger partial charge on any atom is 0.317 e. The molecule has 0 amide bonds. The van der Waals surface area contributed by atoms with Crippen LogP contribution in [0.25, 0.3) is 0 Å². The minimum Gasteiger partial charge on any atom is -0.506 e. The number of hydrogen-bond acceptors (Lipinski definition) is 5. The fourth-order valence-corrected chi connectivity index (χ4v) is 2.41. The van der Waals surface area contributed by atoms with E-state index in [9.17, 15) is 9.90 Å². The van der Waals surface area contributed by atoms with Gasteiger partial charge in [-0.25, -0.2) is 0 Å². The third kappa shape index (κ3) is 2.16. The fourth-order valence-electron chi connectivity index (χ4n) is 1.38. The third-order valence-corrected chi connectivity index (χ3v) is 3.43. The number of carbonyl (C=O) groups is 1. The van der Waals surface area contributed by atoms with Gasteiger partial charge in [0, 0.05) is 12.7 Å². The molecular weight excluding hydrogens is 228 g/mol. The Hall–Kier alpha value is -1.56. The van der Waals surface area contributed by atoms with Crippen molar-refractivity contribution < 1.29 is 15.0 Å². The largest absolute Gasteiger partial charge is 0.506 e. The Labute approximate surface area is 96.2 Å². The molecule has 0 aliphatic carbocycles. The van der Waals surface area contributed by atoms with Crippen LogP contribution < -0.4 is 0 Å². The summed E-state index contributed by atoms with van der Waals surface area (Å²) in [5, 5.41) is 18.5. The second kappa shape index (κ2) is 4.52. The molecule has 0 saturated carbocycles. The van der Waals surface area contributed by atoms with E-state index in [0.717, 1.165) is 11.8 Å². The number of aliphatic imine (C=N–C) groups is 1. The summed E-state index contributed by atoms with van der Waals surface area (Å²) in [6.45, 7) is 0.454. The highest BCUT2D eigenvalue weighted by atomic mass is 32.2. The normalized spacial score (nSPS) is 20.2. The van der Waals surface area contributed by atoms with Crippen molar-refractivity contribution in [2.24, 2.45) is 4.99 Å². The van der Waals surface area contributed by atoms with Crippen LogP contribution in [0.15, 0.2) is 23.3 Å². The highest BCUT2D eigenvalue weighted by Crippen LogP contribution is 2.28.